The van der Waals surface area contributed by atoms with Crippen LogP contribution in [0.2, 0.25) is 0 Å². The molecule has 2 unspecified atom stereocenters. The van der Waals surface area contributed by atoms with Gasteiger partial charge in [-0.05, 0) is 56.4 Å². The van der Waals surface area contributed by atoms with Crippen LogP contribution in [0.5, 0.6) is 0 Å². The molecule has 116 valence electrons. The summed E-state index contributed by atoms with van der Waals surface area (Å²) in [6.45, 7) is 7.03. The lowest BCUT2D eigenvalue weighted by molar-refractivity contribution is 0.319. The maximum atomic E-state index is 3.66. The third-order valence-corrected chi connectivity index (χ3v) is 5.31. The molecule has 0 heterocycles. The van der Waals surface area contributed by atoms with Crippen LogP contribution in [0, 0.1) is 17.8 Å². The van der Waals surface area contributed by atoms with Crippen LogP contribution in [0.3, 0.4) is 0 Å². The van der Waals surface area contributed by atoms with Gasteiger partial charge >= 0.3 is 0 Å². The fraction of sp³-hybridized carbons (Fsp3) is 0.895. The van der Waals surface area contributed by atoms with Crippen LogP contribution in [0.4, 0.5) is 0 Å². The van der Waals surface area contributed by atoms with E-state index in [0.717, 1.165) is 24.3 Å². The molecule has 1 nitrogen and oxygen atoms in total. The topological polar surface area (TPSA) is 12.0 Å². The van der Waals surface area contributed by atoms with E-state index in [1.54, 1.807) is 5.57 Å². The van der Waals surface area contributed by atoms with Crippen molar-refractivity contribution in [3.05, 3.63) is 11.6 Å². The molecule has 2 aliphatic rings. The molecule has 2 aliphatic carbocycles. The summed E-state index contributed by atoms with van der Waals surface area (Å²) in [4.78, 5) is 0. The van der Waals surface area contributed by atoms with Crippen LogP contribution in [-0.4, -0.2) is 13.1 Å². The van der Waals surface area contributed by atoms with Gasteiger partial charge in [-0.25, -0.2) is 0 Å². The third kappa shape index (κ3) is 5.24. The molecule has 1 heteroatoms. The Hall–Kier alpha value is -0.300. The predicted molar refractivity (Wildman–Crippen MR) is 88.9 cm³/mol. The quantitative estimate of drug-likeness (QED) is 0.512. The van der Waals surface area contributed by atoms with Crippen molar-refractivity contribution in [3.8, 4) is 0 Å². The van der Waals surface area contributed by atoms with Crippen molar-refractivity contribution in [1.82, 2.24) is 5.32 Å². The van der Waals surface area contributed by atoms with Gasteiger partial charge in [0.1, 0.15) is 0 Å². The monoisotopic (exact) mass is 277 g/mol. The van der Waals surface area contributed by atoms with Gasteiger partial charge in [-0.1, -0.05) is 57.6 Å². The first kappa shape index (κ1) is 16.1. The molecule has 2 saturated carbocycles. The molecule has 0 aromatic rings. The molecule has 0 bridgehead atoms. The number of nitrogens with one attached hydrogen (secondary N) is 1. The maximum Gasteiger partial charge on any atom is 0.0167 e. The molecule has 2 atom stereocenters. The Morgan fingerprint density at radius 2 is 1.85 bits per heavy atom. The van der Waals surface area contributed by atoms with Gasteiger partial charge in [-0.15, -0.1) is 0 Å². The molecule has 0 aromatic carbocycles. The Morgan fingerprint density at radius 3 is 2.55 bits per heavy atom. The van der Waals surface area contributed by atoms with Gasteiger partial charge in [0, 0.05) is 6.54 Å². The second kappa shape index (κ2) is 8.87. The summed E-state index contributed by atoms with van der Waals surface area (Å²) in [5.41, 5.74) is 1.76. The smallest absolute Gasteiger partial charge is 0.0167 e. The summed E-state index contributed by atoms with van der Waals surface area (Å²) in [7, 11) is 0. The Labute approximate surface area is 126 Å². The summed E-state index contributed by atoms with van der Waals surface area (Å²) in [6, 6.07) is 0. The normalized spacial score (nSPS) is 29.6. The van der Waals surface area contributed by atoms with E-state index in [0.29, 0.717) is 0 Å². The standard InChI is InChI=1S/C19H35N/c1-3-12-20-15-19(18-10-5-4-6-11-18)14-17-9-7-8-16(2)13-17/h14,16-18,20H,3-13,15H2,1-2H3/b19-14-. The molecule has 2 rings (SSSR count). The highest BCUT2D eigenvalue weighted by Crippen LogP contribution is 2.34. The van der Waals surface area contributed by atoms with Crippen LogP contribution in [-0.2, 0) is 0 Å². The molecule has 0 aromatic heterocycles. The van der Waals surface area contributed by atoms with Crippen LogP contribution >= 0.6 is 0 Å². The molecule has 0 amide bonds. The highest BCUT2D eigenvalue weighted by molar-refractivity contribution is 5.12. The Bertz CT molecular complexity index is 288. The van der Waals surface area contributed by atoms with Gasteiger partial charge in [-0.2, -0.15) is 0 Å². The van der Waals surface area contributed by atoms with Crippen molar-refractivity contribution in [1.29, 1.82) is 0 Å². The van der Waals surface area contributed by atoms with Crippen LogP contribution in [0.1, 0.15) is 78.1 Å². The van der Waals surface area contributed by atoms with Gasteiger partial charge in [-0.3, -0.25) is 0 Å². The van der Waals surface area contributed by atoms with Crippen molar-refractivity contribution in [2.75, 3.05) is 13.1 Å². The number of hydrogen-bond donors (Lipinski definition) is 1. The molecule has 0 aliphatic heterocycles. The Kier molecular flexibility index (Phi) is 7.13. The van der Waals surface area contributed by atoms with Crippen LogP contribution in [0.25, 0.3) is 0 Å². The SMILES string of the molecule is CCCNC/C(=C/C1CCCC(C)C1)C1CCCCC1. The zero-order valence-corrected chi connectivity index (χ0v) is 13.8. The summed E-state index contributed by atoms with van der Waals surface area (Å²) < 4.78 is 0. The lowest BCUT2D eigenvalue weighted by Gasteiger charge is -2.29. The molecule has 20 heavy (non-hydrogen) atoms. The lowest BCUT2D eigenvalue weighted by atomic mass is 9.78. The average Bonchev–Trinajstić information content (AvgIpc) is 2.47. The van der Waals surface area contributed by atoms with E-state index < -0.39 is 0 Å². The van der Waals surface area contributed by atoms with E-state index in [4.69, 9.17) is 0 Å². The highest BCUT2D eigenvalue weighted by atomic mass is 14.8. The van der Waals surface area contributed by atoms with Gasteiger partial charge < -0.3 is 5.32 Å². The van der Waals surface area contributed by atoms with E-state index in [1.165, 1.54) is 70.8 Å². The largest absolute Gasteiger partial charge is 0.313 e. The second-order valence-corrected chi connectivity index (χ2v) is 7.29. The van der Waals surface area contributed by atoms with Gasteiger partial charge in [0.25, 0.3) is 0 Å². The Balaban J connectivity index is 1.95. The first-order valence-corrected chi connectivity index (χ1v) is 9.21. The fourth-order valence-electron chi connectivity index (χ4n) is 4.16. The van der Waals surface area contributed by atoms with Crippen LogP contribution in [0.15, 0.2) is 11.6 Å². The molecular weight excluding hydrogens is 242 g/mol. The average molecular weight is 277 g/mol. The van der Waals surface area contributed by atoms with E-state index in [2.05, 4.69) is 25.2 Å². The summed E-state index contributed by atoms with van der Waals surface area (Å²) >= 11 is 0. The summed E-state index contributed by atoms with van der Waals surface area (Å²) in [6.07, 6.45) is 17.0. The molecule has 0 saturated heterocycles. The first-order chi connectivity index (χ1) is 9.79. The third-order valence-electron chi connectivity index (χ3n) is 5.31. The minimum absolute atomic E-state index is 0.874. The zero-order chi connectivity index (χ0) is 14.2. The van der Waals surface area contributed by atoms with Gasteiger partial charge in [0.05, 0.1) is 0 Å². The van der Waals surface area contributed by atoms with Gasteiger partial charge in [0.2, 0.25) is 0 Å². The number of hydrogen-bond acceptors (Lipinski definition) is 1. The van der Waals surface area contributed by atoms with Crippen molar-refractivity contribution < 1.29 is 0 Å². The molecule has 2 fully saturated rings. The molecule has 0 radical (unpaired) electrons. The fourth-order valence-corrected chi connectivity index (χ4v) is 4.16. The van der Waals surface area contributed by atoms with Gasteiger partial charge in [0.15, 0.2) is 0 Å². The van der Waals surface area contributed by atoms with E-state index in [9.17, 15) is 0 Å². The molecule has 0 spiro atoms. The number of rotatable bonds is 6. The first-order valence-electron chi connectivity index (χ1n) is 9.21. The van der Waals surface area contributed by atoms with Crippen molar-refractivity contribution in [3.63, 3.8) is 0 Å². The van der Waals surface area contributed by atoms with E-state index >= 15 is 0 Å². The maximum absolute atomic E-state index is 3.66. The Morgan fingerprint density at radius 1 is 1.05 bits per heavy atom. The van der Waals surface area contributed by atoms with E-state index in [-0.39, 0.29) is 0 Å². The second-order valence-electron chi connectivity index (χ2n) is 7.29. The lowest BCUT2D eigenvalue weighted by Crippen LogP contribution is -2.24. The van der Waals surface area contributed by atoms with Crippen molar-refractivity contribution >= 4 is 0 Å². The van der Waals surface area contributed by atoms with E-state index in [1.807, 2.05) is 0 Å². The zero-order valence-electron chi connectivity index (χ0n) is 13.8. The van der Waals surface area contributed by atoms with Crippen molar-refractivity contribution in [2.45, 2.75) is 78.1 Å². The minimum atomic E-state index is 0.874. The summed E-state index contributed by atoms with van der Waals surface area (Å²) in [5, 5.41) is 3.66. The van der Waals surface area contributed by atoms with Crippen molar-refractivity contribution in [2.24, 2.45) is 17.8 Å². The predicted octanol–water partition coefficient (Wildman–Crippen LogP) is 5.32. The minimum Gasteiger partial charge on any atom is -0.313 e. The summed E-state index contributed by atoms with van der Waals surface area (Å²) in [5.74, 6) is 2.71. The molecular formula is C19H35N. The molecule has 1 N–H and O–H groups in total. The highest BCUT2D eigenvalue weighted by Gasteiger charge is 2.21. The number of allylic oxidation sites excluding steroid dienone is 1. The van der Waals surface area contributed by atoms with Crippen LogP contribution < -0.4 is 5.32 Å².